The quantitative estimate of drug-likeness (QED) is 0.855. The molecule has 1 aromatic carbocycles. The van der Waals surface area contributed by atoms with Crippen molar-refractivity contribution >= 4 is 5.69 Å². The number of nitrogens with zero attached hydrogens (tertiary/aromatic N) is 2. The summed E-state index contributed by atoms with van der Waals surface area (Å²) < 4.78 is 7.65. The number of hydrogen-bond acceptors (Lipinski definition) is 3. The highest BCUT2D eigenvalue weighted by Gasteiger charge is 2.08. The fourth-order valence-corrected chi connectivity index (χ4v) is 1.84. The number of benzene rings is 1. The van der Waals surface area contributed by atoms with Crippen molar-refractivity contribution in [1.29, 1.82) is 0 Å². The molecule has 0 aliphatic carbocycles. The predicted molar refractivity (Wildman–Crippen MR) is 78.2 cm³/mol. The molecule has 4 nitrogen and oxygen atoms in total. The van der Waals surface area contributed by atoms with E-state index >= 15 is 0 Å². The van der Waals surface area contributed by atoms with E-state index in [4.69, 9.17) is 10.5 Å². The third-order valence-corrected chi connectivity index (χ3v) is 2.84. The Labute approximate surface area is 114 Å². The lowest BCUT2D eigenvalue weighted by Crippen LogP contribution is -2.07. The van der Waals surface area contributed by atoms with Crippen LogP contribution in [0.25, 0.3) is 11.1 Å². The van der Waals surface area contributed by atoms with Gasteiger partial charge in [0, 0.05) is 17.8 Å². The zero-order valence-electron chi connectivity index (χ0n) is 11.9. The van der Waals surface area contributed by atoms with Crippen LogP contribution >= 0.6 is 0 Å². The van der Waals surface area contributed by atoms with Crippen LogP contribution in [0, 0.1) is 0 Å². The first kappa shape index (κ1) is 13.5. The fraction of sp³-hybridized carbons (Fsp3) is 0.400. The summed E-state index contributed by atoms with van der Waals surface area (Å²) in [7, 11) is 0. The molecule has 0 spiro atoms. The number of aromatic nitrogens is 2. The zero-order valence-corrected chi connectivity index (χ0v) is 11.9. The molecule has 2 N–H and O–H groups in total. The first-order chi connectivity index (χ1) is 8.97. The first-order valence-electron chi connectivity index (χ1n) is 6.58. The van der Waals surface area contributed by atoms with E-state index < -0.39 is 0 Å². The van der Waals surface area contributed by atoms with E-state index in [-0.39, 0.29) is 6.10 Å². The van der Waals surface area contributed by atoms with Crippen molar-refractivity contribution in [2.75, 3.05) is 5.73 Å². The molecule has 0 bridgehead atoms. The van der Waals surface area contributed by atoms with E-state index in [2.05, 4.69) is 18.9 Å². The Hall–Kier alpha value is -1.97. The van der Waals surface area contributed by atoms with Crippen molar-refractivity contribution in [1.82, 2.24) is 9.78 Å². The van der Waals surface area contributed by atoms with Crippen molar-refractivity contribution in [2.24, 2.45) is 0 Å². The zero-order chi connectivity index (χ0) is 14.0. The van der Waals surface area contributed by atoms with Gasteiger partial charge >= 0.3 is 0 Å². The van der Waals surface area contributed by atoms with Crippen LogP contribution in [-0.2, 0) is 0 Å². The average molecular weight is 259 g/mol. The number of rotatable bonds is 4. The minimum atomic E-state index is 0.107. The van der Waals surface area contributed by atoms with Crippen LogP contribution in [0.1, 0.15) is 33.7 Å². The van der Waals surface area contributed by atoms with Gasteiger partial charge in [0.1, 0.15) is 5.75 Å². The summed E-state index contributed by atoms with van der Waals surface area (Å²) in [5, 5.41) is 4.35. The number of nitrogens with two attached hydrogens (primary N) is 1. The van der Waals surface area contributed by atoms with Gasteiger partial charge in [-0.3, -0.25) is 4.68 Å². The average Bonchev–Trinajstić information content (AvgIpc) is 2.81. The van der Waals surface area contributed by atoms with Crippen molar-refractivity contribution in [3.8, 4) is 16.9 Å². The van der Waals surface area contributed by atoms with Gasteiger partial charge in [0.25, 0.3) is 0 Å². The molecule has 0 aliphatic heterocycles. The van der Waals surface area contributed by atoms with Gasteiger partial charge in [-0.2, -0.15) is 5.10 Å². The monoisotopic (exact) mass is 259 g/mol. The maximum Gasteiger partial charge on any atom is 0.143 e. The second kappa shape index (κ2) is 5.34. The number of nitrogen functional groups attached to an aromatic ring is 1. The van der Waals surface area contributed by atoms with Gasteiger partial charge in [-0.25, -0.2) is 0 Å². The highest BCUT2D eigenvalue weighted by Crippen LogP contribution is 2.29. The molecule has 0 radical (unpaired) electrons. The van der Waals surface area contributed by atoms with Crippen molar-refractivity contribution in [3.63, 3.8) is 0 Å². The van der Waals surface area contributed by atoms with Gasteiger partial charge in [-0.15, -0.1) is 0 Å². The maximum absolute atomic E-state index is 5.92. The normalized spacial score (nSPS) is 11.3. The third kappa shape index (κ3) is 3.08. The van der Waals surface area contributed by atoms with Crippen LogP contribution in [0.3, 0.4) is 0 Å². The van der Waals surface area contributed by atoms with E-state index in [1.165, 1.54) is 0 Å². The van der Waals surface area contributed by atoms with Gasteiger partial charge in [-0.1, -0.05) is 6.07 Å². The summed E-state index contributed by atoms with van der Waals surface area (Å²) in [6.07, 6.45) is 4.01. The lowest BCUT2D eigenvalue weighted by atomic mass is 10.1. The van der Waals surface area contributed by atoms with Crippen LogP contribution in [0.2, 0.25) is 0 Å². The van der Waals surface area contributed by atoms with Gasteiger partial charge in [0.2, 0.25) is 0 Å². The Kier molecular flexibility index (Phi) is 3.79. The van der Waals surface area contributed by atoms with Crippen LogP contribution in [0.4, 0.5) is 5.69 Å². The molecule has 2 rings (SSSR count). The van der Waals surface area contributed by atoms with Crippen LogP contribution in [0.15, 0.2) is 30.6 Å². The molecule has 2 aromatic rings. The first-order valence-corrected chi connectivity index (χ1v) is 6.58. The summed E-state index contributed by atoms with van der Waals surface area (Å²) in [5.74, 6) is 0.727. The molecule has 0 saturated heterocycles. The third-order valence-electron chi connectivity index (χ3n) is 2.84. The largest absolute Gasteiger partial charge is 0.489 e. The number of hydrogen-bond donors (Lipinski definition) is 1. The molecule has 4 heteroatoms. The van der Waals surface area contributed by atoms with Gasteiger partial charge in [-0.05, 0) is 45.4 Å². The minimum absolute atomic E-state index is 0.107. The molecule has 102 valence electrons. The number of anilines is 1. The standard InChI is InChI=1S/C15H21N3O/c1-10(2)18-9-13(8-17-18)12-5-6-14(16)15(7-12)19-11(3)4/h5-11H,16H2,1-4H3. The molecule has 0 unspecified atom stereocenters. The topological polar surface area (TPSA) is 53.1 Å². The minimum Gasteiger partial charge on any atom is -0.489 e. The Morgan fingerprint density at radius 2 is 1.89 bits per heavy atom. The maximum atomic E-state index is 5.92. The van der Waals surface area contributed by atoms with Crippen molar-refractivity contribution in [3.05, 3.63) is 30.6 Å². The lowest BCUT2D eigenvalue weighted by Gasteiger charge is -2.13. The van der Waals surface area contributed by atoms with E-state index in [0.717, 1.165) is 16.9 Å². The summed E-state index contributed by atoms with van der Waals surface area (Å²) >= 11 is 0. The Morgan fingerprint density at radius 1 is 1.16 bits per heavy atom. The van der Waals surface area contributed by atoms with Crippen LogP contribution in [0.5, 0.6) is 5.75 Å². The molecule has 19 heavy (non-hydrogen) atoms. The Morgan fingerprint density at radius 3 is 2.47 bits per heavy atom. The van der Waals surface area contributed by atoms with Crippen LogP contribution < -0.4 is 10.5 Å². The lowest BCUT2D eigenvalue weighted by molar-refractivity contribution is 0.244. The molecule has 1 aromatic heterocycles. The second-order valence-electron chi connectivity index (χ2n) is 5.22. The van der Waals surface area contributed by atoms with Crippen molar-refractivity contribution in [2.45, 2.75) is 39.8 Å². The molecular formula is C15H21N3O. The van der Waals surface area contributed by atoms with Gasteiger partial charge in [0.15, 0.2) is 0 Å². The van der Waals surface area contributed by atoms with Gasteiger partial charge in [0.05, 0.1) is 18.0 Å². The fourth-order valence-electron chi connectivity index (χ4n) is 1.84. The number of ether oxygens (including phenoxy) is 1. The smallest absolute Gasteiger partial charge is 0.143 e. The molecule has 1 heterocycles. The summed E-state index contributed by atoms with van der Waals surface area (Å²) in [5.41, 5.74) is 8.72. The van der Waals surface area contributed by atoms with E-state index in [9.17, 15) is 0 Å². The van der Waals surface area contributed by atoms with E-state index in [0.29, 0.717) is 11.7 Å². The van der Waals surface area contributed by atoms with E-state index in [1.807, 2.05) is 49.1 Å². The summed E-state index contributed by atoms with van der Waals surface area (Å²) in [6, 6.07) is 6.19. The molecule has 0 amide bonds. The predicted octanol–water partition coefficient (Wildman–Crippen LogP) is 3.50. The highest BCUT2D eigenvalue weighted by atomic mass is 16.5. The molecule has 0 aliphatic rings. The molecular weight excluding hydrogens is 238 g/mol. The Bertz CT molecular complexity index is 558. The van der Waals surface area contributed by atoms with Crippen LogP contribution in [-0.4, -0.2) is 15.9 Å². The highest BCUT2D eigenvalue weighted by molar-refractivity contribution is 5.69. The molecule has 0 fully saturated rings. The molecule has 0 saturated carbocycles. The SMILES string of the molecule is CC(C)Oc1cc(-c2cnn(C(C)C)c2)ccc1N. The molecule has 0 atom stereocenters. The van der Waals surface area contributed by atoms with E-state index in [1.54, 1.807) is 0 Å². The second-order valence-corrected chi connectivity index (χ2v) is 5.22. The van der Waals surface area contributed by atoms with Gasteiger partial charge < -0.3 is 10.5 Å². The summed E-state index contributed by atoms with van der Waals surface area (Å²) in [6.45, 7) is 8.19. The summed E-state index contributed by atoms with van der Waals surface area (Å²) in [4.78, 5) is 0. The van der Waals surface area contributed by atoms with Crippen molar-refractivity contribution < 1.29 is 4.74 Å². The Balaban J connectivity index is 2.33.